The van der Waals surface area contributed by atoms with E-state index in [0.717, 1.165) is 4.68 Å². The molecule has 0 atom stereocenters. The highest BCUT2D eigenvalue weighted by Crippen LogP contribution is 2.41. The molecule has 0 unspecified atom stereocenters. The van der Waals surface area contributed by atoms with Gasteiger partial charge in [0.25, 0.3) is 6.43 Å². The van der Waals surface area contributed by atoms with E-state index in [1.165, 1.54) is 42.5 Å². The molecule has 144 valence electrons. The zero-order valence-electron chi connectivity index (χ0n) is 14.2. The van der Waals surface area contributed by atoms with Gasteiger partial charge in [-0.25, -0.2) is 27.0 Å². The molecule has 0 amide bonds. The van der Waals surface area contributed by atoms with Crippen molar-refractivity contribution in [1.82, 2.24) is 9.78 Å². The molecule has 10 heteroatoms. The summed E-state index contributed by atoms with van der Waals surface area (Å²) in [7, 11) is -4.15. The summed E-state index contributed by atoms with van der Waals surface area (Å²) in [4.78, 5) is -0.257. The van der Waals surface area contributed by atoms with Crippen LogP contribution in [-0.4, -0.2) is 18.2 Å². The van der Waals surface area contributed by atoms with Crippen LogP contribution >= 0.6 is 11.6 Å². The fourth-order valence-electron chi connectivity index (χ4n) is 2.88. The van der Waals surface area contributed by atoms with E-state index in [1.54, 1.807) is 12.1 Å². The van der Waals surface area contributed by atoms with Crippen LogP contribution in [0.2, 0.25) is 5.02 Å². The Labute approximate surface area is 164 Å². The number of nitrogens with zero attached hydrogens (tertiary/aromatic N) is 3. The van der Waals surface area contributed by atoms with Crippen LogP contribution in [0.4, 0.5) is 8.78 Å². The van der Waals surface area contributed by atoms with Gasteiger partial charge in [-0.15, -0.1) is 0 Å². The highest BCUT2D eigenvalue weighted by atomic mass is 35.5. The van der Waals surface area contributed by atoms with E-state index in [0.29, 0.717) is 10.6 Å². The van der Waals surface area contributed by atoms with Gasteiger partial charge in [-0.1, -0.05) is 41.9 Å². The van der Waals surface area contributed by atoms with E-state index in [9.17, 15) is 17.2 Å². The lowest BCUT2D eigenvalue weighted by Gasteiger charge is -2.10. The van der Waals surface area contributed by atoms with E-state index >= 15 is 0 Å². The van der Waals surface area contributed by atoms with E-state index in [4.69, 9.17) is 22.0 Å². The fraction of sp³-hybridized carbons (Fsp3) is 0.111. The molecule has 3 aromatic rings. The summed E-state index contributed by atoms with van der Waals surface area (Å²) in [5, 5.41) is 18.8. The summed E-state index contributed by atoms with van der Waals surface area (Å²) >= 11 is 5.89. The second-order valence-electron chi connectivity index (χ2n) is 5.77. The van der Waals surface area contributed by atoms with E-state index in [2.05, 4.69) is 5.10 Å². The molecule has 0 aliphatic heterocycles. The molecule has 0 bridgehead atoms. The third kappa shape index (κ3) is 3.75. The average molecular weight is 423 g/mol. The molecule has 2 aromatic carbocycles. The van der Waals surface area contributed by atoms with Crippen LogP contribution in [0.15, 0.2) is 53.4 Å². The number of nitriles is 1. The maximum absolute atomic E-state index is 13.9. The summed E-state index contributed by atoms with van der Waals surface area (Å²) in [5.74, 6) is 0. The lowest BCUT2D eigenvalue weighted by Crippen LogP contribution is -2.13. The van der Waals surface area contributed by atoms with Crippen LogP contribution in [0.1, 0.15) is 12.1 Å². The van der Waals surface area contributed by atoms with Crippen molar-refractivity contribution >= 4 is 21.6 Å². The molecule has 1 heterocycles. The zero-order valence-corrected chi connectivity index (χ0v) is 15.8. The Morgan fingerprint density at radius 3 is 2.39 bits per heavy atom. The van der Waals surface area contributed by atoms with E-state index in [-0.39, 0.29) is 21.7 Å². The Hall–Kier alpha value is -2.80. The van der Waals surface area contributed by atoms with Gasteiger partial charge in [-0.2, -0.15) is 10.4 Å². The topological polar surface area (TPSA) is 102 Å². The second kappa shape index (κ2) is 7.67. The number of hydrogen-bond acceptors (Lipinski definition) is 4. The van der Waals surface area contributed by atoms with Crippen LogP contribution in [0.25, 0.3) is 22.4 Å². The molecule has 0 fully saturated rings. The third-order valence-electron chi connectivity index (χ3n) is 4.00. The maximum atomic E-state index is 13.9. The van der Waals surface area contributed by atoms with Gasteiger partial charge in [-0.05, 0) is 23.8 Å². The van der Waals surface area contributed by atoms with Crippen molar-refractivity contribution in [2.45, 2.75) is 17.9 Å². The zero-order chi connectivity index (χ0) is 20.5. The number of alkyl halides is 2. The summed E-state index contributed by atoms with van der Waals surface area (Å²) in [5.41, 5.74) is -0.0877. The summed E-state index contributed by atoms with van der Waals surface area (Å²) in [6.07, 6.45) is -2.96. The van der Waals surface area contributed by atoms with Crippen molar-refractivity contribution in [3.63, 3.8) is 0 Å². The quantitative estimate of drug-likeness (QED) is 0.671. The molecule has 0 aliphatic rings. The van der Waals surface area contributed by atoms with Crippen LogP contribution in [0.3, 0.4) is 0 Å². The minimum Gasteiger partial charge on any atom is -0.248 e. The molecular formula is C18H13ClF2N4O2S. The second-order valence-corrected chi connectivity index (χ2v) is 7.74. The Morgan fingerprint density at radius 2 is 1.82 bits per heavy atom. The monoisotopic (exact) mass is 422 g/mol. The van der Waals surface area contributed by atoms with Gasteiger partial charge in [0.05, 0.1) is 11.0 Å². The largest absolute Gasteiger partial charge is 0.280 e. The van der Waals surface area contributed by atoms with Gasteiger partial charge in [0.1, 0.15) is 17.9 Å². The number of halogens is 3. The van der Waals surface area contributed by atoms with Crippen molar-refractivity contribution in [2.24, 2.45) is 5.14 Å². The van der Waals surface area contributed by atoms with Crippen LogP contribution in [0, 0.1) is 11.3 Å². The fourth-order valence-corrected chi connectivity index (χ4v) is 3.75. The lowest BCUT2D eigenvalue weighted by atomic mass is 9.99. The maximum Gasteiger partial charge on any atom is 0.280 e. The van der Waals surface area contributed by atoms with Crippen LogP contribution in [-0.2, 0) is 16.6 Å². The first-order valence-corrected chi connectivity index (χ1v) is 9.80. The molecule has 1 aromatic heterocycles. The highest BCUT2D eigenvalue weighted by molar-refractivity contribution is 7.89. The summed E-state index contributed by atoms with van der Waals surface area (Å²) in [6, 6.07) is 13.5. The van der Waals surface area contributed by atoms with Crippen molar-refractivity contribution in [3.8, 4) is 28.5 Å². The Balaban J connectivity index is 2.42. The smallest absolute Gasteiger partial charge is 0.248 e. The number of nitrogens with two attached hydrogens (primary N) is 1. The van der Waals surface area contributed by atoms with Crippen molar-refractivity contribution in [2.75, 3.05) is 0 Å². The lowest BCUT2D eigenvalue weighted by molar-refractivity contribution is 0.140. The number of hydrogen-bond donors (Lipinski definition) is 1. The Bertz CT molecular complexity index is 1170. The number of aromatic nitrogens is 2. The third-order valence-corrected chi connectivity index (χ3v) is 5.22. The standard InChI is InChI=1S/C18H13ClF2N4O2S/c19-12-7-5-11(6-8-12)15-16(24-25(10-9-22)17(15)18(20)21)13-3-1-2-4-14(13)28(23,26)27/h1-8,18H,10H2,(H2,23,26,27). The molecule has 3 rings (SSSR count). The van der Waals surface area contributed by atoms with Gasteiger partial charge >= 0.3 is 0 Å². The van der Waals surface area contributed by atoms with Crippen molar-refractivity contribution < 1.29 is 17.2 Å². The first kappa shape index (κ1) is 19.9. The molecule has 28 heavy (non-hydrogen) atoms. The molecule has 0 spiro atoms. The summed E-state index contributed by atoms with van der Waals surface area (Å²) in [6.45, 7) is -0.433. The first-order valence-electron chi connectivity index (χ1n) is 7.88. The molecule has 2 N–H and O–H groups in total. The number of sulfonamides is 1. The van der Waals surface area contributed by atoms with Gasteiger partial charge in [0.2, 0.25) is 10.0 Å². The highest BCUT2D eigenvalue weighted by Gasteiger charge is 2.29. The molecule has 0 aliphatic carbocycles. The van der Waals surface area contributed by atoms with Crippen molar-refractivity contribution in [1.29, 1.82) is 5.26 Å². The SMILES string of the molecule is N#CCn1nc(-c2ccccc2S(N)(=O)=O)c(-c2ccc(Cl)cc2)c1C(F)F. The molecule has 6 nitrogen and oxygen atoms in total. The van der Waals surface area contributed by atoms with Gasteiger partial charge in [0, 0.05) is 16.1 Å². The molecule has 0 saturated carbocycles. The first-order chi connectivity index (χ1) is 13.2. The molecular weight excluding hydrogens is 410 g/mol. The average Bonchev–Trinajstić information content (AvgIpc) is 3.01. The van der Waals surface area contributed by atoms with Crippen LogP contribution < -0.4 is 5.14 Å². The number of primary sulfonamides is 1. The summed E-state index contributed by atoms with van der Waals surface area (Å²) < 4.78 is 52.7. The Kier molecular flexibility index (Phi) is 5.47. The Morgan fingerprint density at radius 1 is 1.18 bits per heavy atom. The minimum absolute atomic E-state index is 0.0121. The van der Waals surface area contributed by atoms with Gasteiger partial charge < -0.3 is 0 Å². The number of benzene rings is 2. The normalized spacial score (nSPS) is 11.6. The predicted molar refractivity (Wildman–Crippen MR) is 100 cm³/mol. The van der Waals surface area contributed by atoms with E-state index < -0.39 is 28.7 Å². The molecule has 0 radical (unpaired) electrons. The van der Waals surface area contributed by atoms with Crippen molar-refractivity contribution in [3.05, 3.63) is 59.2 Å². The molecule has 0 saturated heterocycles. The van der Waals surface area contributed by atoms with E-state index in [1.807, 2.05) is 0 Å². The minimum atomic E-state index is -4.15. The number of rotatable bonds is 5. The van der Waals surface area contributed by atoms with Gasteiger partial charge in [-0.3, -0.25) is 0 Å². The predicted octanol–water partition coefficient (Wildman–Crippen LogP) is 3.98. The van der Waals surface area contributed by atoms with Crippen LogP contribution in [0.5, 0.6) is 0 Å². The van der Waals surface area contributed by atoms with Gasteiger partial charge in [0.15, 0.2) is 0 Å².